The first-order chi connectivity index (χ1) is 9.24. The number of allylic oxidation sites excluding steroid dienone is 2. The third-order valence-corrected chi connectivity index (χ3v) is 9.65. The fourth-order valence-corrected chi connectivity index (χ4v) is 9.06. The van der Waals surface area contributed by atoms with Gasteiger partial charge in [-0.3, -0.25) is 4.79 Å². The molecule has 1 fully saturated rings. The number of carbonyl (C=O) groups is 1. The van der Waals surface area contributed by atoms with Crippen LogP contribution in [0.2, 0.25) is 0 Å². The molecular formula is C18H32OS. The van der Waals surface area contributed by atoms with E-state index in [0.717, 1.165) is 19.3 Å². The first-order valence-electron chi connectivity index (χ1n) is 8.16. The van der Waals surface area contributed by atoms with E-state index < -0.39 is 10.0 Å². The highest BCUT2D eigenvalue weighted by atomic mass is 32.3. The average molecular weight is 297 g/mol. The summed E-state index contributed by atoms with van der Waals surface area (Å²) in [5.41, 5.74) is 1.60. The summed E-state index contributed by atoms with van der Waals surface area (Å²) in [5.74, 6) is 3.54. The minimum Gasteiger partial charge on any atom is -0.298 e. The first-order valence-corrected chi connectivity index (χ1v) is 10.6. The van der Waals surface area contributed by atoms with E-state index >= 15 is 0 Å². The van der Waals surface area contributed by atoms with Gasteiger partial charge in [-0.1, -0.05) is 32.4 Å². The maximum absolute atomic E-state index is 13.2. The Balaban J connectivity index is 2.21. The van der Waals surface area contributed by atoms with Crippen molar-refractivity contribution in [2.75, 3.05) is 17.8 Å². The minimum absolute atomic E-state index is 0.127. The molecule has 2 aliphatic rings. The van der Waals surface area contributed by atoms with Gasteiger partial charge in [0.05, 0.1) is 5.25 Å². The van der Waals surface area contributed by atoms with E-state index in [1.807, 2.05) is 0 Å². The molecule has 2 unspecified atom stereocenters. The normalized spacial score (nSPS) is 29.6. The maximum Gasteiger partial charge on any atom is 0.148 e. The fraction of sp³-hybridized carbons (Fsp3) is 0.833. The maximum atomic E-state index is 13.2. The van der Waals surface area contributed by atoms with Crippen molar-refractivity contribution >= 4 is 15.8 Å². The van der Waals surface area contributed by atoms with Crippen molar-refractivity contribution in [1.82, 2.24) is 0 Å². The van der Waals surface area contributed by atoms with Gasteiger partial charge in [0.2, 0.25) is 0 Å². The zero-order valence-corrected chi connectivity index (χ0v) is 14.8. The summed E-state index contributed by atoms with van der Waals surface area (Å²) < 4.78 is 0. The van der Waals surface area contributed by atoms with Crippen LogP contribution in [0.15, 0.2) is 11.6 Å². The molecule has 2 heteroatoms. The van der Waals surface area contributed by atoms with Gasteiger partial charge in [0.15, 0.2) is 0 Å². The van der Waals surface area contributed by atoms with Crippen LogP contribution in [0.5, 0.6) is 0 Å². The van der Waals surface area contributed by atoms with Gasteiger partial charge >= 0.3 is 0 Å². The summed E-state index contributed by atoms with van der Waals surface area (Å²) in [4.78, 5) is 13.2. The summed E-state index contributed by atoms with van der Waals surface area (Å²) in [5, 5.41) is 0.314. The van der Waals surface area contributed by atoms with Crippen LogP contribution in [0.4, 0.5) is 0 Å². The predicted octanol–water partition coefficient (Wildman–Crippen LogP) is 4.94. The van der Waals surface area contributed by atoms with E-state index in [1.165, 1.54) is 29.9 Å². The van der Waals surface area contributed by atoms with Crippen molar-refractivity contribution in [3.63, 3.8) is 0 Å². The SMILES string of the molecule is CC1=CCC(C(=O)C(C(C)(C)C)S2(C)CCCC2)CC1. The Labute approximate surface area is 126 Å². The molecule has 2 rings (SSSR count). The fourth-order valence-electron chi connectivity index (χ4n) is 4.20. The number of ketones is 1. The molecule has 2 atom stereocenters. The minimum atomic E-state index is -0.735. The molecule has 1 aliphatic carbocycles. The molecule has 1 nitrogen and oxygen atoms in total. The summed E-state index contributed by atoms with van der Waals surface area (Å²) in [6.07, 6.45) is 10.6. The Morgan fingerprint density at radius 2 is 1.90 bits per heavy atom. The molecule has 0 aromatic rings. The van der Waals surface area contributed by atoms with Gasteiger partial charge in [-0.2, -0.15) is 0 Å². The van der Waals surface area contributed by atoms with Gasteiger partial charge in [-0.05, 0) is 62.2 Å². The van der Waals surface area contributed by atoms with Gasteiger partial charge < -0.3 is 0 Å². The number of rotatable bonds is 3. The molecule has 1 heterocycles. The van der Waals surface area contributed by atoms with Crippen LogP contribution in [0.3, 0.4) is 0 Å². The third-order valence-electron chi connectivity index (χ3n) is 5.13. The molecule has 1 saturated heterocycles. The monoisotopic (exact) mass is 296 g/mol. The van der Waals surface area contributed by atoms with E-state index in [9.17, 15) is 4.79 Å². The standard InChI is InChI=1S/C18H32OS/c1-14-8-10-15(11-9-14)16(19)17(18(2,3)4)20(5)12-6-7-13-20/h8,15,17H,6-7,9-13H2,1-5H3. The molecule has 116 valence electrons. The molecule has 0 N–H and O–H groups in total. The molecule has 0 aromatic carbocycles. The van der Waals surface area contributed by atoms with Crippen molar-refractivity contribution in [3.05, 3.63) is 11.6 Å². The second-order valence-corrected chi connectivity index (χ2v) is 12.1. The second-order valence-electron chi connectivity index (χ2n) is 8.14. The van der Waals surface area contributed by atoms with Gasteiger partial charge in [0, 0.05) is 5.92 Å². The number of Topliss-reactive ketones (excluding diaryl/α,β-unsaturated/α-hetero) is 1. The van der Waals surface area contributed by atoms with E-state index in [1.54, 1.807) is 0 Å². The van der Waals surface area contributed by atoms with Crippen LogP contribution < -0.4 is 0 Å². The Hall–Kier alpha value is -0.240. The molecule has 0 aromatic heterocycles. The lowest BCUT2D eigenvalue weighted by molar-refractivity contribution is -0.124. The van der Waals surface area contributed by atoms with Crippen LogP contribution in [-0.4, -0.2) is 28.8 Å². The van der Waals surface area contributed by atoms with Crippen molar-refractivity contribution in [2.45, 2.75) is 65.0 Å². The largest absolute Gasteiger partial charge is 0.298 e. The quantitative estimate of drug-likeness (QED) is 0.674. The van der Waals surface area contributed by atoms with Gasteiger partial charge in [0.25, 0.3) is 0 Å². The summed E-state index contributed by atoms with van der Waals surface area (Å²) in [7, 11) is -0.735. The first kappa shape index (κ1) is 16.1. The average Bonchev–Trinajstić information content (AvgIpc) is 2.75. The van der Waals surface area contributed by atoms with Gasteiger partial charge in [-0.15, -0.1) is 0 Å². The van der Waals surface area contributed by atoms with Crippen LogP contribution in [0.25, 0.3) is 0 Å². The number of carbonyl (C=O) groups excluding carboxylic acids is 1. The summed E-state index contributed by atoms with van der Waals surface area (Å²) >= 11 is 0. The van der Waals surface area contributed by atoms with Crippen molar-refractivity contribution < 1.29 is 4.79 Å². The number of hydrogen-bond acceptors (Lipinski definition) is 1. The number of hydrogen-bond donors (Lipinski definition) is 0. The zero-order valence-electron chi connectivity index (χ0n) is 14.0. The van der Waals surface area contributed by atoms with Crippen LogP contribution in [0.1, 0.15) is 59.8 Å². The molecule has 0 bridgehead atoms. The molecular weight excluding hydrogens is 264 g/mol. The van der Waals surface area contributed by atoms with Crippen molar-refractivity contribution in [2.24, 2.45) is 11.3 Å². The van der Waals surface area contributed by atoms with E-state index in [0.29, 0.717) is 17.0 Å². The zero-order chi connectivity index (χ0) is 15.0. The molecule has 1 aliphatic heterocycles. The highest BCUT2D eigenvalue weighted by molar-refractivity contribution is 8.34. The lowest BCUT2D eigenvalue weighted by Crippen LogP contribution is -2.43. The Morgan fingerprint density at radius 3 is 2.35 bits per heavy atom. The van der Waals surface area contributed by atoms with Crippen LogP contribution >= 0.6 is 10.0 Å². The van der Waals surface area contributed by atoms with Crippen molar-refractivity contribution in [1.29, 1.82) is 0 Å². The highest BCUT2D eigenvalue weighted by Crippen LogP contribution is 2.60. The lowest BCUT2D eigenvalue weighted by Gasteiger charge is -2.47. The summed E-state index contributed by atoms with van der Waals surface area (Å²) in [6.45, 7) is 9.06. The van der Waals surface area contributed by atoms with Crippen LogP contribution in [0, 0.1) is 11.3 Å². The molecule has 0 radical (unpaired) electrons. The molecule has 20 heavy (non-hydrogen) atoms. The van der Waals surface area contributed by atoms with E-state index in [4.69, 9.17) is 0 Å². The van der Waals surface area contributed by atoms with E-state index in [-0.39, 0.29) is 5.41 Å². The van der Waals surface area contributed by atoms with Gasteiger partial charge in [-0.25, -0.2) is 10.0 Å². The Kier molecular flexibility index (Phi) is 4.73. The Bertz CT molecular complexity index is 396. The predicted molar refractivity (Wildman–Crippen MR) is 91.8 cm³/mol. The summed E-state index contributed by atoms with van der Waals surface area (Å²) in [6, 6.07) is 0. The van der Waals surface area contributed by atoms with Crippen LogP contribution in [-0.2, 0) is 4.79 Å². The third kappa shape index (κ3) is 3.32. The smallest absolute Gasteiger partial charge is 0.148 e. The molecule has 0 amide bonds. The Morgan fingerprint density at radius 1 is 1.30 bits per heavy atom. The molecule has 0 saturated carbocycles. The van der Waals surface area contributed by atoms with Crippen molar-refractivity contribution in [3.8, 4) is 0 Å². The highest BCUT2D eigenvalue weighted by Gasteiger charge is 2.45. The second kappa shape index (κ2) is 5.87. The van der Waals surface area contributed by atoms with E-state index in [2.05, 4.69) is 40.0 Å². The topological polar surface area (TPSA) is 17.1 Å². The van der Waals surface area contributed by atoms with Gasteiger partial charge in [0.1, 0.15) is 5.78 Å². The lowest BCUT2D eigenvalue weighted by atomic mass is 9.80. The molecule has 0 spiro atoms.